The third-order valence-electron chi connectivity index (χ3n) is 2.41. The Balaban J connectivity index is 0.00000162. The van der Waals surface area contributed by atoms with Crippen LogP contribution in [0.25, 0.3) is 0 Å². The minimum Gasteiger partial charge on any atom is -0.375 e. The summed E-state index contributed by atoms with van der Waals surface area (Å²) >= 11 is 0. The van der Waals surface area contributed by atoms with Gasteiger partial charge in [-0.15, -0.1) is 24.8 Å². The van der Waals surface area contributed by atoms with Crippen molar-refractivity contribution >= 4 is 36.5 Å². The first-order chi connectivity index (χ1) is 8.24. The number of carbonyl (C=O) groups is 1. The van der Waals surface area contributed by atoms with Crippen molar-refractivity contribution in [3.63, 3.8) is 0 Å². The second-order valence-corrected chi connectivity index (χ2v) is 3.81. The van der Waals surface area contributed by atoms with Crippen LogP contribution in [0.5, 0.6) is 0 Å². The molecule has 2 rings (SSSR count). The number of amides is 1. The number of anilines is 1. The number of aromatic nitrogens is 1. The lowest BCUT2D eigenvalue weighted by molar-refractivity contribution is -0.119. The first-order valence-electron chi connectivity index (χ1n) is 5.48. The van der Waals surface area contributed by atoms with E-state index in [1.807, 2.05) is 0 Å². The summed E-state index contributed by atoms with van der Waals surface area (Å²) in [6.07, 6.45) is 1.23. The third-order valence-corrected chi connectivity index (χ3v) is 2.41. The van der Waals surface area contributed by atoms with Gasteiger partial charge in [0.05, 0.1) is 25.3 Å². The molecule has 2 N–H and O–H groups in total. The van der Waals surface area contributed by atoms with Crippen molar-refractivity contribution in [1.82, 2.24) is 10.3 Å². The molecule has 1 aromatic heterocycles. The maximum Gasteiger partial charge on any atom is 0.228 e. The van der Waals surface area contributed by atoms with E-state index in [9.17, 15) is 9.18 Å². The minimum absolute atomic E-state index is 0. The number of rotatable bonds is 3. The Morgan fingerprint density at radius 2 is 2.32 bits per heavy atom. The highest BCUT2D eigenvalue weighted by atomic mass is 35.5. The number of ether oxygens (including phenoxy) is 1. The number of halogens is 3. The number of hydrogen-bond acceptors (Lipinski definition) is 4. The van der Waals surface area contributed by atoms with Crippen molar-refractivity contribution in [2.75, 3.05) is 25.0 Å². The maximum atomic E-state index is 12.6. The summed E-state index contributed by atoms with van der Waals surface area (Å²) in [4.78, 5) is 15.4. The van der Waals surface area contributed by atoms with Gasteiger partial charge in [0.2, 0.25) is 5.91 Å². The highest BCUT2D eigenvalue weighted by molar-refractivity contribution is 5.90. The predicted molar refractivity (Wildman–Crippen MR) is 74.5 cm³/mol. The summed E-state index contributed by atoms with van der Waals surface area (Å²) in [6, 6.07) is 2.68. The lowest BCUT2D eigenvalue weighted by Gasteiger charge is -2.22. The van der Waals surface area contributed by atoms with Gasteiger partial charge in [0.1, 0.15) is 11.6 Å². The lowest BCUT2D eigenvalue weighted by atomic mass is 10.2. The molecule has 1 atom stereocenters. The zero-order valence-electron chi connectivity index (χ0n) is 10.1. The summed E-state index contributed by atoms with van der Waals surface area (Å²) < 4.78 is 18.0. The molecule has 5 nitrogen and oxygen atoms in total. The van der Waals surface area contributed by atoms with E-state index < -0.39 is 5.82 Å². The van der Waals surface area contributed by atoms with Crippen LogP contribution in [0, 0.1) is 5.82 Å². The van der Waals surface area contributed by atoms with Gasteiger partial charge in [-0.3, -0.25) is 4.79 Å². The molecule has 0 aromatic carbocycles. The number of nitrogens with one attached hydrogen (secondary N) is 2. The summed E-state index contributed by atoms with van der Waals surface area (Å²) in [5, 5.41) is 5.73. The Hall–Kier alpha value is -0.950. The predicted octanol–water partition coefficient (Wildman–Crippen LogP) is 1.38. The van der Waals surface area contributed by atoms with Crippen LogP contribution in [-0.4, -0.2) is 36.7 Å². The van der Waals surface area contributed by atoms with Crippen LogP contribution >= 0.6 is 24.8 Å². The number of pyridine rings is 1. The highest BCUT2D eigenvalue weighted by Gasteiger charge is 2.17. The van der Waals surface area contributed by atoms with Crippen molar-refractivity contribution in [1.29, 1.82) is 0 Å². The average Bonchev–Trinajstić information content (AvgIpc) is 2.33. The van der Waals surface area contributed by atoms with Crippen LogP contribution in [0.4, 0.5) is 10.2 Å². The van der Waals surface area contributed by atoms with Gasteiger partial charge in [-0.25, -0.2) is 9.37 Å². The van der Waals surface area contributed by atoms with E-state index >= 15 is 0 Å². The lowest BCUT2D eigenvalue weighted by Crippen LogP contribution is -2.40. The second-order valence-electron chi connectivity index (χ2n) is 3.81. The number of morpholine rings is 1. The van der Waals surface area contributed by atoms with Gasteiger partial charge in [-0.2, -0.15) is 0 Å². The molecule has 0 radical (unpaired) electrons. The molecule has 8 heteroatoms. The van der Waals surface area contributed by atoms with E-state index in [1.165, 1.54) is 12.1 Å². The number of nitrogens with zero attached hydrogens (tertiary/aromatic N) is 1. The zero-order valence-corrected chi connectivity index (χ0v) is 11.7. The van der Waals surface area contributed by atoms with Crippen LogP contribution in [0.2, 0.25) is 0 Å². The topological polar surface area (TPSA) is 63.2 Å². The quantitative estimate of drug-likeness (QED) is 0.885. The Kier molecular flexibility index (Phi) is 8.58. The van der Waals surface area contributed by atoms with Crippen molar-refractivity contribution in [2.24, 2.45) is 0 Å². The van der Waals surface area contributed by atoms with E-state index in [-0.39, 0.29) is 43.2 Å². The van der Waals surface area contributed by atoms with E-state index in [1.54, 1.807) is 0 Å². The molecular formula is C11H16Cl2FN3O2. The summed E-state index contributed by atoms with van der Waals surface area (Å²) in [7, 11) is 0. The van der Waals surface area contributed by atoms with Crippen LogP contribution in [-0.2, 0) is 9.53 Å². The van der Waals surface area contributed by atoms with E-state index in [0.29, 0.717) is 19.0 Å². The van der Waals surface area contributed by atoms with Crippen LogP contribution in [0.15, 0.2) is 18.3 Å². The molecular weight excluding hydrogens is 296 g/mol. The normalized spacial score (nSPS) is 17.8. The molecule has 2 heterocycles. The molecule has 0 spiro atoms. The van der Waals surface area contributed by atoms with Gasteiger partial charge in [0.25, 0.3) is 0 Å². The average molecular weight is 312 g/mol. The largest absolute Gasteiger partial charge is 0.375 e. The van der Waals surface area contributed by atoms with E-state index in [4.69, 9.17) is 4.74 Å². The Morgan fingerprint density at radius 1 is 1.53 bits per heavy atom. The fourth-order valence-electron chi connectivity index (χ4n) is 1.60. The van der Waals surface area contributed by atoms with Crippen LogP contribution in [0.1, 0.15) is 6.42 Å². The highest BCUT2D eigenvalue weighted by Crippen LogP contribution is 2.06. The van der Waals surface area contributed by atoms with Crippen molar-refractivity contribution in [3.8, 4) is 0 Å². The van der Waals surface area contributed by atoms with Gasteiger partial charge in [-0.1, -0.05) is 0 Å². The molecule has 1 unspecified atom stereocenters. The van der Waals surface area contributed by atoms with E-state index in [0.717, 1.165) is 12.7 Å². The molecule has 19 heavy (non-hydrogen) atoms. The molecule has 1 aliphatic rings. The molecule has 1 fully saturated rings. The third kappa shape index (κ3) is 6.15. The van der Waals surface area contributed by atoms with Gasteiger partial charge in [0, 0.05) is 13.1 Å². The van der Waals surface area contributed by atoms with Crippen LogP contribution in [0.3, 0.4) is 0 Å². The second kappa shape index (κ2) is 9.03. The molecule has 108 valence electrons. The van der Waals surface area contributed by atoms with Crippen molar-refractivity contribution in [2.45, 2.75) is 12.5 Å². The fourth-order valence-corrected chi connectivity index (χ4v) is 1.60. The smallest absolute Gasteiger partial charge is 0.228 e. The van der Waals surface area contributed by atoms with Gasteiger partial charge in [0.15, 0.2) is 0 Å². The van der Waals surface area contributed by atoms with E-state index in [2.05, 4.69) is 15.6 Å². The SMILES string of the molecule is Cl.Cl.O=C(CC1CNCCO1)Nc1ccc(F)cn1. The Morgan fingerprint density at radius 3 is 2.89 bits per heavy atom. The first kappa shape index (κ1) is 18.0. The fraction of sp³-hybridized carbons (Fsp3) is 0.455. The summed E-state index contributed by atoms with van der Waals surface area (Å²) in [5.74, 6) is -0.263. The molecule has 1 aromatic rings. The monoisotopic (exact) mass is 311 g/mol. The minimum atomic E-state index is -0.428. The van der Waals surface area contributed by atoms with Gasteiger partial charge >= 0.3 is 0 Å². The zero-order chi connectivity index (χ0) is 12.1. The van der Waals surface area contributed by atoms with Crippen molar-refractivity contribution in [3.05, 3.63) is 24.1 Å². The molecule has 1 saturated heterocycles. The Bertz CT molecular complexity index is 386. The number of hydrogen-bond donors (Lipinski definition) is 2. The number of carbonyl (C=O) groups excluding carboxylic acids is 1. The molecule has 1 amide bonds. The van der Waals surface area contributed by atoms with Gasteiger partial charge in [-0.05, 0) is 12.1 Å². The van der Waals surface area contributed by atoms with Crippen molar-refractivity contribution < 1.29 is 13.9 Å². The molecule has 0 saturated carbocycles. The molecule has 1 aliphatic heterocycles. The van der Waals surface area contributed by atoms with Gasteiger partial charge < -0.3 is 15.4 Å². The Labute approximate surface area is 123 Å². The first-order valence-corrected chi connectivity index (χ1v) is 5.48. The standard InChI is InChI=1S/C11H14FN3O2.2ClH/c12-8-1-2-10(14-6-8)15-11(16)5-9-7-13-3-4-17-9;;/h1-2,6,9,13H,3-5,7H2,(H,14,15,16);2*1H. The summed E-state index contributed by atoms with van der Waals surface area (Å²) in [6.45, 7) is 2.11. The van der Waals surface area contributed by atoms with Crippen LogP contribution < -0.4 is 10.6 Å². The molecule has 0 bridgehead atoms. The summed E-state index contributed by atoms with van der Waals surface area (Å²) in [5.41, 5.74) is 0. The molecule has 0 aliphatic carbocycles. The maximum absolute atomic E-state index is 12.6.